The van der Waals surface area contributed by atoms with E-state index in [1.807, 2.05) is 0 Å². The Hall–Kier alpha value is -1.92. The van der Waals surface area contributed by atoms with Crippen LogP contribution >= 0.6 is 22.7 Å². The summed E-state index contributed by atoms with van der Waals surface area (Å²) in [7, 11) is 1.75. The maximum atomic E-state index is 13.5. The Morgan fingerprint density at radius 3 is 2.75 bits per heavy atom. The number of nitrogens with zero attached hydrogens (tertiary/aromatic N) is 2. The Morgan fingerprint density at radius 1 is 1.18 bits per heavy atom. The van der Waals surface area contributed by atoms with Crippen LogP contribution in [0.5, 0.6) is 0 Å². The number of carbonyl (C=O) groups is 1. The summed E-state index contributed by atoms with van der Waals surface area (Å²) in [6.45, 7) is 0.833. The summed E-state index contributed by atoms with van der Waals surface area (Å²) in [6.07, 6.45) is 8.68. The quantitative estimate of drug-likeness (QED) is 0.571. The van der Waals surface area contributed by atoms with Gasteiger partial charge in [-0.05, 0) is 55.2 Å². The van der Waals surface area contributed by atoms with Gasteiger partial charge in [-0.15, -0.1) is 22.7 Å². The van der Waals surface area contributed by atoms with E-state index >= 15 is 0 Å². The lowest BCUT2D eigenvalue weighted by Gasteiger charge is -2.44. The molecular formula is C22H27N3OS2. The van der Waals surface area contributed by atoms with Gasteiger partial charge in [0.15, 0.2) is 0 Å². The molecule has 4 nitrogen and oxygen atoms in total. The number of piperidine rings is 1. The number of rotatable bonds is 4. The van der Waals surface area contributed by atoms with E-state index in [4.69, 9.17) is 5.73 Å². The van der Waals surface area contributed by atoms with Crippen LogP contribution in [-0.2, 0) is 4.79 Å². The zero-order chi connectivity index (χ0) is 19.5. The average molecular weight is 414 g/mol. The summed E-state index contributed by atoms with van der Waals surface area (Å²) in [5, 5.41) is 2.08. The van der Waals surface area contributed by atoms with Crippen LogP contribution in [0, 0.1) is 5.92 Å². The molecule has 0 radical (unpaired) electrons. The molecule has 148 valence electrons. The Morgan fingerprint density at radius 2 is 2.00 bits per heavy atom. The highest BCUT2D eigenvalue weighted by Gasteiger charge is 2.37. The molecular weight excluding hydrogens is 386 g/mol. The van der Waals surface area contributed by atoms with Crippen molar-refractivity contribution in [1.82, 2.24) is 4.90 Å². The van der Waals surface area contributed by atoms with Crippen molar-refractivity contribution in [3.63, 3.8) is 0 Å². The molecule has 2 aliphatic rings. The van der Waals surface area contributed by atoms with Crippen molar-refractivity contribution < 1.29 is 4.79 Å². The molecule has 2 N–H and O–H groups in total. The molecule has 2 unspecified atom stereocenters. The Balaban J connectivity index is 1.59. The summed E-state index contributed by atoms with van der Waals surface area (Å²) in [5.74, 6) is 0.699. The molecule has 2 aromatic rings. The first-order valence-electron chi connectivity index (χ1n) is 10.1. The lowest BCUT2D eigenvalue weighted by molar-refractivity contribution is -0.132. The molecule has 1 aliphatic heterocycles. The number of hydrogen-bond acceptors (Lipinski definition) is 5. The number of nitrogens with two attached hydrogens (primary N) is 1. The average Bonchev–Trinajstić information content (AvgIpc) is 3.43. The van der Waals surface area contributed by atoms with Gasteiger partial charge >= 0.3 is 0 Å². The fraction of sp³-hybridized carbons (Fsp3) is 0.455. The zero-order valence-electron chi connectivity index (χ0n) is 16.3. The fourth-order valence-corrected chi connectivity index (χ4v) is 6.55. The van der Waals surface area contributed by atoms with Gasteiger partial charge in [-0.25, -0.2) is 0 Å². The van der Waals surface area contributed by atoms with Crippen molar-refractivity contribution in [1.29, 1.82) is 0 Å². The topological polar surface area (TPSA) is 58.7 Å². The molecule has 0 bridgehead atoms. The minimum Gasteiger partial charge on any atom is -0.404 e. The van der Waals surface area contributed by atoms with Crippen molar-refractivity contribution in [2.45, 2.75) is 44.6 Å². The third-order valence-corrected chi connectivity index (χ3v) is 8.14. The van der Waals surface area contributed by atoms with E-state index in [-0.39, 0.29) is 5.91 Å². The van der Waals surface area contributed by atoms with Gasteiger partial charge in [0.25, 0.3) is 5.91 Å². The van der Waals surface area contributed by atoms with Crippen molar-refractivity contribution in [3.8, 4) is 9.75 Å². The maximum Gasteiger partial charge on any atom is 0.257 e. The highest BCUT2D eigenvalue weighted by Crippen LogP contribution is 2.37. The molecule has 1 amide bonds. The summed E-state index contributed by atoms with van der Waals surface area (Å²) in [4.78, 5) is 23.5. The predicted molar refractivity (Wildman–Crippen MR) is 119 cm³/mol. The molecule has 4 rings (SSSR count). The highest BCUT2D eigenvalue weighted by molar-refractivity contribution is 7.22. The minimum absolute atomic E-state index is 0.0470. The monoisotopic (exact) mass is 413 g/mol. The Labute approximate surface area is 174 Å². The summed E-state index contributed by atoms with van der Waals surface area (Å²) in [5.41, 5.74) is 7.22. The normalized spacial score (nSPS) is 23.5. The summed E-state index contributed by atoms with van der Waals surface area (Å²) in [6, 6.07) is 8.70. The molecule has 1 saturated heterocycles. The predicted octanol–water partition coefficient (Wildman–Crippen LogP) is 4.92. The lowest BCUT2D eigenvalue weighted by Crippen LogP contribution is -2.50. The van der Waals surface area contributed by atoms with Crippen LogP contribution in [-0.4, -0.2) is 36.2 Å². The third kappa shape index (κ3) is 3.67. The van der Waals surface area contributed by atoms with Gasteiger partial charge < -0.3 is 10.6 Å². The molecule has 2 fully saturated rings. The van der Waals surface area contributed by atoms with E-state index in [0.29, 0.717) is 23.2 Å². The highest BCUT2D eigenvalue weighted by atomic mass is 32.1. The number of thiophene rings is 2. The second-order valence-corrected chi connectivity index (χ2v) is 9.58. The fourth-order valence-electron chi connectivity index (χ4n) is 4.66. The van der Waals surface area contributed by atoms with E-state index < -0.39 is 0 Å². The van der Waals surface area contributed by atoms with E-state index in [0.717, 1.165) is 24.3 Å². The van der Waals surface area contributed by atoms with Crippen molar-refractivity contribution in [2.75, 3.05) is 13.6 Å². The second kappa shape index (κ2) is 8.62. The lowest BCUT2D eigenvalue weighted by atomic mass is 9.78. The molecule has 1 saturated carbocycles. The van der Waals surface area contributed by atoms with Gasteiger partial charge in [0.2, 0.25) is 0 Å². The molecule has 3 heterocycles. The SMILES string of the molecule is CN=C(C(=CN)C(=O)N1CCCC2CCCCC21)c1ccc(-c2cccs2)s1. The zero-order valence-corrected chi connectivity index (χ0v) is 17.9. The van der Waals surface area contributed by atoms with Crippen molar-refractivity contribution in [2.24, 2.45) is 16.6 Å². The maximum absolute atomic E-state index is 13.5. The van der Waals surface area contributed by atoms with Gasteiger partial charge in [0.05, 0.1) is 16.2 Å². The standard InChI is InChI=1S/C22H27N3OS2/c1-24-21(20-11-10-19(28-20)18-9-5-13-27-18)16(14-23)22(26)25-12-4-7-15-6-2-3-8-17(15)25/h5,9-11,13-15,17H,2-4,6-8,12,23H2,1H3. The van der Waals surface area contributed by atoms with E-state index in [9.17, 15) is 4.79 Å². The number of fused-ring (bicyclic) bond motifs is 1. The molecule has 2 atom stereocenters. The van der Waals surface area contributed by atoms with Gasteiger partial charge in [-0.2, -0.15) is 0 Å². The van der Waals surface area contributed by atoms with Crippen LogP contribution in [0.1, 0.15) is 43.4 Å². The number of amides is 1. The van der Waals surface area contributed by atoms with Crippen molar-refractivity contribution >= 4 is 34.3 Å². The summed E-state index contributed by atoms with van der Waals surface area (Å²) >= 11 is 3.39. The van der Waals surface area contributed by atoms with Crippen molar-refractivity contribution in [3.05, 3.63) is 46.3 Å². The van der Waals surface area contributed by atoms with Crippen LogP contribution < -0.4 is 5.73 Å². The van der Waals surface area contributed by atoms with Crippen LogP contribution in [0.25, 0.3) is 9.75 Å². The first kappa shape index (κ1) is 19.4. The van der Waals surface area contributed by atoms with Crippen LogP contribution in [0.2, 0.25) is 0 Å². The largest absolute Gasteiger partial charge is 0.404 e. The minimum atomic E-state index is 0.0470. The van der Waals surface area contributed by atoms with Gasteiger partial charge in [-0.1, -0.05) is 18.9 Å². The summed E-state index contributed by atoms with van der Waals surface area (Å²) < 4.78 is 0. The molecule has 1 aliphatic carbocycles. The van der Waals surface area contributed by atoms with Gasteiger partial charge in [0.1, 0.15) is 0 Å². The first-order valence-corrected chi connectivity index (χ1v) is 11.8. The first-order chi connectivity index (χ1) is 13.7. The molecule has 0 spiro atoms. The Bertz CT molecular complexity index is 879. The van der Waals surface area contributed by atoms with E-state index in [1.54, 1.807) is 29.7 Å². The van der Waals surface area contributed by atoms with Gasteiger partial charge in [0, 0.05) is 35.6 Å². The Kier molecular flexibility index (Phi) is 5.97. The molecule has 2 aromatic heterocycles. The van der Waals surface area contributed by atoms with Crippen LogP contribution in [0.4, 0.5) is 0 Å². The van der Waals surface area contributed by atoms with Crippen LogP contribution in [0.3, 0.4) is 0 Å². The second-order valence-electron chi connectivity index (χ2n) is 7.55. The van der Waals surface area contributed by atoms with Crippen LogP contribution in [0.15, 0.2) is 46.4 Å². The number of aliphatic imine (C=N–C) groups is 1. The van der Waals surface area contributed by atoms with Gasteiger partial charge in [-0.3, -0.25) is 9.79 Å². The molecule has 0 aromatic carbocycles. The van der Waals surface area contributed by atoms with E-state index in [1.165, 1.54) is 41.6 Å². The molecule has 6 heteroatoms. The number of carbonyl (C=O) groups excluding carboxylic acids is 1. The number of hydrogen-bond donors (Lipinski definition) is 1. The third-order valence-electron chi connectivity index (χ3n) is 5.98. The van der Waals surface area contributed by atoms with E-state index in [2.05, 4.69) is 39.5 Å². The molecule has 28 heavy (non-hydrogen) atoms. The smallest absolute Gasteiger partial charge is 0.257 e. The number of likely N-dealkylation sites (tertiary alicyclic amines) is 1.